The van der Waals surface area contributed by atoms with E-state index >= 15 is 0 Å². The average molecular weight is 440 g/mol. The van der Waals surface area contributed by atoms with Crippen LogP contribution >= 0.6 is 0 Å². The van der Waals surface area contributed by atoms with Crippen LogP contribution in [0.15, 0.2) is 42.5 Å². The number of nitrogens with one attached hydrogen (secondary N) is 1. The third-order valence-electron chi connectivity index (χ3n) is 6.05. The SMILES string of the molecule is O=C(N[C@@H]1CC(=O)N(c2ccc3c(c2)OCCO3)C1)N1CCN(c2ccc(F)cc2)CC1. The summed E-state index contributed by atoms with van der Waals surface area (Å²) < 4.78 is 24.3. The molecule has 0 saturated carbocycles. The highest BCUT2D eigenvalue weighted by Crippen LogP contribution is 2.35. The average Bonchev–Trinajstić information content (AvgIpc) is 3.19. The van der Waals surface area contributed by atoms with E-state index in [1.165, 1.54) is 12.1 Å². The van der Waals surface area contributed by atoms with Gasteiger partial charge in [-0.2, -0.15) is 0 Å². The molecule has 9 heteroatoms. The molecule has 1 N–H and O–H groups in total. The quantitative estimate of drug-likeness (QED) is 0.793. The van der Waals surface area contributed by atoms with E-state index in [0.717, 1.165) is 11.4 Å². The van der Waals surface area contributed by atoms with Crippen molar-refractivity contribution in [1.29, 1.82) is 0 Å². The number of fused-ring (bicyclic) bond motifs is 1. The summed E-state index contributed by atoms with van der Waals surface area (Å²) >= 11 is 0. The Morgan fingerprint density at radius 3 is 2.38 bits per heavy atom. The van der Waals surface area contributed by atoms with Gasteiger partial charge in [0.05, 0.1) is 6.04 Å². The van der Waals surface area contributed by atoms with Gasteiger partial charge < -0.3 is 29.5 Å². The van der Waals surface area contributed by atoms with Gasteiger partial charge in [-0.3, -0.25) is 4.79 Å². The van der Waals surface area contributed by atoms with Crippen LogP contribution in [0.1, 0.15) is 6.42 Å². The second kappa shape index (κ2) is 8.57. The van der Waals surface area contributed by atoms with Crippen LogP contribution in [0.4, 0.5) is 20.6 Å². The minimum atomic E-state index is -0.261. The van der Waals surface area contributed by atoms with Crippen molar-refractivity contribution in [2.75, 3.05) is 55.7 Å². The summed E-state index contributed by atoms with van der Waals surface area (Å²) in [5, 5.41) is 3.00. The van der Waals surface area contributed by atoms with Gasteiger partial charge in [0.1, 0.15) is 19.0 Å². The molecule has 3 heterocycles. The molecule has 0 unspecified atom stereocenters. The van der Waals surface area contributed by atoms with Crippen molar-refractivity contribution >= 4 is 23.3 Å². The third-order valence-corrected chi connectivity index (χ3v) is 6.05. The lowest BCUT2D eigenvalue weighted by Gasteiger charge is -2.36. The molecule has 0 spiro atoms. The molecule has 2 fully saturated rings. The van der Waals surface area contributed by atoms with E-state index in [2.05, 4.69) is 10.2 Å². The molecule has 0 radical (unpaired) electrons. The van der Waals surface area contributed by atoms with Crippen molar-refractivity contribution in [2.24, 2.45) is 0 Å². The smallest absolute Gasteiger partial charge is 0.317 e. The fourth-order valence-corrected chi connectivity index (χ4v) is 4.34. The number of hydrogen-bond donors (Lipinski definition) is 1. The van der Waals surface area contributed by atoms with Crippen LogP contribution in [0.25, 0.3) is 0 Å². The van der Waals surface area contributed by atoms with E-state index in [1.807, 2.05) is 18.2 Å². The standard InChI is InChI=1S/C23H25FN4O4/c24-16-1-3-18(4-2-16)26-7-9-27(10-8-26)23(30)25-17-13-22(29)28(15-17)19-5-6-20-21(14-19)32-12-11-31-20/h1-6,14,17H,7-13,15H2,(H,25,30)/t17-/m1/s1. The lowest BCUT2D eigenvalue weighted by Crippen LogP contribution is -2.53. The monoisotopic (exact) mass is 440 g/mol. The number of nitrogens with zero attached hydrogens (tertiary/aromatic N) is 3. The summed E-state index contributed by atoms with van der Waals surface area (Å²) in [6, 6.07) is 11.4. The summed E-state index contributed by atoms with van der Waals surface area (Å²) in [4.78, 5) is 30.9. The van der Waals surface area contributed by atoms with Crippen LogP contribution in [-0.4, -0.2) is 68.8 Å². The maximum Gasteiger partial charge on any atom is 0.317 e. The summed E-state index contributed by atoms with van der Waals surface area (Å²) in [5.74, 6) is 1.01. The van der Waals surface area contributed by atoms with Crippen LogP contribution in [0, 0.1) is 5.82 Å². The Morgan fingerprint density at radius 2 is 1.62 bits per heavy atom. The Hall–Kier alpha value is -3.49. The summed E-state index contributed by atoms with van der Waals surface area (Å²) in [5.41, 5.74) is 1.69. The van der Waals surface area contributed by atoms with Gasteiger partial charge in [-0.15, -0.1) is 0 Å². The van der Waals surface area contributed by atoms with Crippen LogP contribution < -0.4 is 24.6 Å². The largest absolute Gasteiger partial charge is 0.486 e. The Kier molecular flexibility index (Phi) is 5.46. The number of amides is 3. The second-order valence-corrected chi connectivity index (χ2v) is 8.13. The summed E-state index contributed by atoms with van der Waals surface area (Å²) in [7, 11) is 0. The predicted molar refractivity (Wildman–Crippen MR) is 117 cm³/mol. The topological polar surface area (TPSA) is 74.3 Å². The Balaban J connectivity index is 1.15. The molecule has 0 bridgehead atoms. The van der Waals surface area contributed by atoms with Crippen molar-refractivity contribution in [3.63, 3.8) is 0 Å². The number of hydrogen-bond acceptors (Lipinski definition) is 5. The first-order chi connectivity index (χ1) is 15.6. The van der Waals surface area contributed by atoms with Gasteiger partial charge in [0.2, 0.25) is 5.91 Å². The van der Waals surface area contributed by atoms with Crippen molar-refractivity contribution in [2.45, 2.75) is 12.5 Å². The molecule has 2 aromatic rings. The first-order valence-electron chi connectivity index (χ1n) is 10.8. The number of carbonyl (C=O) groups is 2. The normalized spacial score (nSPS) is 20.5. The molecule has 0 aromatic heterocycles. The van der Waals surface area contributed by atoms with E-state index < -0.39 is 0 Å². The van der Waals surface area contributed by atoms with Gasteiger partial charge in [-0.1, -0.05) is 0 Å². The second-order valence-electron chi connectivity index (χ2n) is 8.13. The van der Waals surface area contributed by atoms with Crippen molar-refractivity contribution < 1.29 is 23.5 Å². The van der Waals surface area contributed by atoms with Gasteiger partial charge >= 0.3 is 6.03 Å². The zero-order valence-corrected chi connectivity index (χ0v) is 17.6. The minimum Gasteiger partial charge on any atom is -0.486 e. The molecular formula is C23H25FN4O4. The highest BCUT2D eigenvalue weighted by molar-refractivity contribution is 5.97. The molecule has 1 atom stereocenters. The fourth-order valence-electron chi connectivity index (χ4n) is 4.34. The van der Waals surface area contributed by atoms with Crippen LogP contribution in [-0.2, 0) is 4.79 Å². The van der Waals surface area contributed by atoms with Gasteiger partial charge in [-0.25, -0.2) is 9.18 Å². The van der Waals surface area contributed by atoms with Gasteiger partial charge in [0, 0.05) is 56.6 Å². The lowest BCUT2D eigenvalue weighted by atomic mass is 10.2. The Labute approximate surface area is 185 Å². The molecule has 2 saturated heterocycles. The number of urea groups is 1. The van der Waals surface area contributed by atoms with E-state index in [9.17, 15) is 14.0 Å². The molecule has 168 valence electrons. The number of benzene rings is 2. The zero-order chi connectivity index (χ0) is 22.1. The molecule has 3 aliphatic heterocycles. The fraction of sp³-hybridized carbons (Fsp3) is 0.391. The number of anilines is 2. The number of rotatable bonds is 3. The van der Waals surface area contributed by atoms with Crippen molar-refractivity contribution in [1.82, 2.24) is 10.2 Å². The van der Waals surface area contributed by atoms with Crippen LogP contribution in [0.2, 0.25) is 0 Å². The summed E-state index contributed by atoms with van der Waals surface area (Å²) in [6.45, 7) is 3.89. The highest BCUT2D eigenvalue weighted by Gasteiger charge is 2.33. The molecular weight excluding hydrogens is 415 g/mol. The third kappa shape index (κ3) is 4.15. The number of halogens is 1. The molecule has 8 nitrogen and oxygen atoms in total. The van der Waals surface area contributed by atoms with Gasteiger partial charge in [0.15, 0.2) is 11.5 Å². The van der Waals surface area contributed by atoms with Crippen molar-refractivity contribution in [3.05, 3.63) is 48.3 Å². The highest BCUT2D eigenvalue weighted by atomic mass is 19.1. The van der Waals surface area contributed by atoms with Crippen LogP contribution in [0.3, 0.4) is 0 Å². The van der Waals surface area contributed by atoms with Gasteiger partial charge in [0.25, 0.3) is 0 Å². The van der Waals surface area contributed by atoms with Crippen LogP contribution in [0.5, 0.6) is 11.5 Å². The molecule has 5 rings (SSSR count). The first kappa shape index (κ1) is 20.4. The predicted octanol–water partition coefficient (Wildman–Crippen LogP) is 2.23. The molecule has 3 amide bonds. The number of carbonyl (C=O) groups excluding carboxylic acids is 2. The number of ether oxygens (including phenoxy) is 2. The molecule has 2 aromatic carbocycles. The van der Waals surface area contributed by atoms with E-state index in [0.29, 0.717) is 57.4 Å². The summed E-state index contributed by atoms with van der Waals surface area (Å²) in [6.07, 6.45) is 0.260. The lowest BCUT2D eigenvalue weighted by molar-refractivity contribution is -0.117. The number of piperazine rings is 1. The Bertz CT molecular complexity index is 1010. The van der Waals surface area contributed by atoms with E-state index in [1.54, 1.807) is 21.9 Å². The molecule has 0 aliphatic carbocycles. The molecule has 32 heavy (non-hydrogen) atoms. The molecule has 3 aliphatic rings. The van der Waals surface area contributed by atoms with Gasteiger partial charge in [-0.05, 0) is 36.4 Å². The maximum atomic E-state index is 13.1. The maximum absolute atomic E-state index is 13.1. The minimum absolute atomic E-state index is 0.0342. The first-order valence-corrected chi connectivity index (χ1v) is 10.8. The van der Waals surface area contributed by atoms with E-state index in [4.69, 9.17) is 9.47 Å². The Morgan fingerprint density at radius 1 is 0.938 bits per heavy atom. The zero-order valence-electron chi connectivity index (χ0n) is 17.6. The van der Waals surface area contributed by atoms with Crippen molar-refractivity contribution in [3.8, 4) is 11.5 Å². The van der Waals surface area contributed by atoms with E-state index in [-0.39, 0.29) is 30.2 Å².